The van der Waals surface area contributed by atoms with Crippen LogP contribution in [0.3, 0.4) is 0 Å². The molecule has 0 aliphatic heterocycles. The van der Waals surface area contributed by atoms with E-state index in [4.69, 9.17) is 0 Å². The van der Waals surface area contributed by atoms with E-state index in [0.717, 1.165) is 19.4 Å². The number of carbonyl (C=O) groups is 1. The highest BCUT2D eigenvalue weighted by molar-refractivity contribution is 7.17. The SMILES string of the molecule is CCNc1nnc(C(=O)NC2CCCCC2CC)s1. The molecule has 2 unspecified atom stereocenters. The van der Waals surface area contributed by atoms with Gasteiger partial charge in [0.15, 0.2) is 0 Å². The van der Waals surface area contributed by atoms with Crippen LogP contribution in [0.5, 0.6) is 0 Å². The van der Waals surface area contributed by atoms with Crippen LogP contribution in [-0.2, 0) is 0 Å². The van der Waals surface area contributed by atoms with Gasteiger partial charge in [0.25, 0.3) is 5.91 Å². The molecule has 0 radical (unpaired) electrons. The van der Waals surface area contributed by atoms with E-state index in [9.17, 15) is 4.79 Å². The van der Waals surface area contributed by atoms with Crippen molar-refractivity contribution in [3.8, 4) is 0 Å². The van der Waals surface area contributed by atoms with E-state index in [2.05, 4.69) is 27.8 Å². The fraction of sp³-hybridized carbons (Fsp3) is 0.769. The van der Waals surface area contributed by atoms with Crippen molar-refractivity contribution in [3.05, 3.63) is 5.01 Å². The number of anilines is 1. The molecule has 1 aliphatic carbocycles. The lowest BCUT2D eigenvalue weighted by Gasteiger charge is -2.31. The maximum Gasteiger partial charge on any atom is 0.282 e. The molecule has 6 heteroatoms. The van der Waals surface area contributed by atoms with Crippen molar-refractivity contribution in [2.75, 3.05) is 11.9 Å². The zero-order valence-corrected chi connectivity index (χ0v) is 12.4. The molecule has 2 rings (SSSR count). The second kappa shape index (κ2) is 6.84. The van der Waals surface area contributed by atoms with Gasteiger partial charge in [-0.25, -0.2) is 0 Å². The lowest BCUT2D eigenvalue weighted by atomic mass is 9.83. The van der Waals surface area contributed by atoms with Crippen LogP contribution < -0.4 is 10.6 Å². The van der Waals surface area contributed by atoms with Gasteiger partial charge in [-0.15, -0.1) is 10.2 Å². The van der Waals surface area contributed by atoms with Crippen LogP contribution in [-0.4, -0.2) is 28.7 Å². The van der Waals surface area contributed by atoms with E-state index in [1.165, 1.54) is 30.6 Å². The summed E-state index contributed by atoms with van der Waals surface area (Å²) in [5, 5.41) is 15.3. The molecular weight excluding hydrogens is 260 g/mol. The summed E-state index contributed by atoms with van der Waals surface area (Å²) >= 11 is 1.32. The summed E-state index contributed by atoms with van der Waals surface area (Å²) in [5.74, 6) is 0.533. The zero-order chi connectivity index (χ0) is 13.7. The largest absolute Gasteiger partial charge is 0.360 e. The van der Waals surface area contributed by atoms with Crippen LogP contribution in [0.2, 0.25) is 0 Å². The second-order valence-corrected chi connectivity index (χ2v) is 5.95. The summed E-state index contributed by atoms with van der Waals surface area (Å²) in [4.78, 5) is 12.2. The Kier molecular flexibility index (Phi) is 5.13. The van der Waals surface area contributed by atoms with E-state index in [-0.39, 0.29) is 5.91 Å². The molecule has 0 saturated heterocycles. The number of hydrogen-bond donors (Lipinski definition) is 2. The van der Waals surface area contributed by atoms with E-state index < -0.39 is 0 Å². The topological polar surface area (TPSA) is 66.9 Å². The Morgan fingerprint density at radius 2 is 2.11 bits per heavy atom. The Hall–Kier alpha value is -1.17. The van der Waals surface area contributed by atoms with Crippen LogP contribution in [0.1, 0.15) is 55.8 Å². The molecule has 1 saturated carbocycles. The Morgan fingerprint density at radius 3 is 2.84 bits per heavy atom. The first kappa shape index (κ1) is 14.2. The maximum atomic E-state index is 12.2. The van der Waals surface area contributed by atoms with E-state index >= 15 is 0 Å². The Balaban J connectivity index is 1.95. The smallest absolute Gasteiger partial charge is 0.282 e. The first-order valence-corrected chi connectivity index (χ1v) is 7.94. The van der Waals surface area contributed by atoms with Crippen molar-refractivity contribution in [2.45, 2.75) is 52.0 Å². The molecule has 0 aromatic carbocycles. The first-order chi connectivity index (χ1) is 9.24. The molecule has 1 heterocycles. The highest BCUT2D eigenvalue weighted by atomic mass is 32.1. The molecular formula is C13H22N4OS. The molecule has 1 amide bonds. The minimum Gasteiger partial charge on any atom is -0.360 e. The van der Waals surface area contributed by atoms with Gasteiger partial charge in [0.2, 0.25) is 10.1 Å². The number of hydrogen-bond acceptors (Lipinski definition) is 5. The van der Waals surface area contributed by atoms with Crippen LogP contribution in [0.4, 0.5) is 5.13 Å². The van der Waals surface area contributed by atoms with E-state index in [0.29, 0.717) is 22.1 Å². The van der Waals surface area contributed by atoms with Crippen molar-refractivity contribution < 1.29 is 4.79 Å². The maximum absolute atomic E-state index is 12.2. The fourth-order valence-corrected chi connectivity index (χ4v) is 3.37. The van der Waals surface area contributed by atoms with Crippen LogP contribution in [0, 0.1) is 5.92 Å². The number of carbonyl (C=O) groups excluding carboxylic acids is 1. The fourth-order valence-electron chi connectivity index (χ4n) is 2.65. The van der Waals surface area contributed by atoms with Gasteiger partial charge in [0.1, 0.15) is 0 Å². The van der Waals surface area contributed by atoms with Crippen molar-refractivity contribution >= 4 is 22.4 Å². The van der Waals surface area contributed by atoms with Gasteiger partial charge < -0.3 is 10.6 Å². The molecule has 1 aliphatic rings. The zero-order valence-electron chi connectivity index (χ0n) is 11.6. The quantitative estimate of drug-likeness (QED) is 0.871. The van der Waals surface area contributed by atoms with Crippen molar-refractivity contribution in [3.63, 3.8) is 0 Å². The molecule has 1 fully saturated rings. The first-order valence-electron chi connectivity index (χ1n) is 7.12. The standard InChI is InChI=1S/C13H22N4OS/c1-3-9-7-5-6-8-10(9)15-11(18)12-16-17-13(19-12)14-4-2/h9-10H,3-8H2,1-2H3,(H,14,17)(H,15,18). The summed E-state index contributed by atoms with van der Waals surface area (Å²) in [6, 6.07) is 0.303. The van der Waals surface area contributed by atoms with Gasteiger partial charge in [-0.1, -0.05) is 37.5 Å². The summed E-state index contributed by atoms with van der Waals surface area (Å²) in [5.41, 5.74) is 0. The summed E-state index contributed by atoms with van der Waals surface area (Å²) < 4.78 is 0. The molecule has 0 spiro atoms. The monoisotopic (exact) mass is 282 g/mol. The number of nitrogens with one attached hydrogen (secondary N) is 2. The van der Waals surface area contributed by atoms with Crippen molar-refractivity contribution in [1.82, 2.24) is 15.5 Å². The molecule has 1 aromatic heterocycles. The van der Waals surface area contributed by atoms with Crippen LogP contribution in [0.15, 0.2) is 0 Å². The Labute approximate surface area is 118 Å². The average molecular weight is 282 g/mol. The molecule has 5 nitrogen and oxygen atoms in total. The predicted octanol–water partition coefficient (Wildman–Crippen LogP) is 2.67. The normalized spacial score (nSPS) is 23.1. The van der Waals surface area contributed by atoms with Gasteiger partial charge in [0.05, 0.1) is 0 Å². The number of rotatable bonds is 5. The van der Waals surface area contributed by atoms with Crippen LogP contribution in [0.25, 0.3) is 0 Å². The van der Waals surface area contributed by atoms with Crippen molar-refractivity contribution in [2.24, 2.45) is 5.92 Å². The number of aromatic nitrogens is 2. The number of nitrogens with zero attached hydrogens (tertiary/aromatic N) is 2. The van der Waals surface area contributed by atoms with Gasteiger partial charge in [-0.2, -0.15) is 0 Å². The van der Waals surface area contributed by atoms with E-state index in [1.807, 2.05) is 6.92 Å². The minimum absolute atomic E-state index is 0.0768. The third kappa shape index (κ3) is 3.65. The van der Waals surface area contributed by atoms with Gasteiger partial charge in [-0.05, 0) is 25.7 Å². The van der Waals surface area contributed by atoms with E-state index in [1.54, 1.807) is 0 Å². The Morgan fingerprint density at radius 1 is 1.32 bits per heavy atom. The van der Waals surface area contributed by atoms with Crippen molar-refractivity contribution in [1.29, 1.82) is 0 Å². The average Bonchev–Trinajstić information content (AvgIpc) is 2.88. The molecule has 2 atom stereocenters. The highest BCUT2D eigenvalue weighted by Gasteiger charge is 2.26. The molecule has 106 valence electrons. The third-order valence-corrected chi connectivity index (χ3v) is 4.58. The third-order valence-electron chi connectivity index (χ3n) is 3.70. The lowest BCUT2D eigenvalue weighted by Crippen LogP contribution is -2.41. The second-order valence-electron chi connectivity index (χ2n) is 4.98. The predicted molar refractivity (Wildman–Crippen MR) is 77.6 cm³/mol. The summed E-state index contributed by atoms with van der Waals surface area (Å²) in [7, 11) is 0. The Bertz CT molecular complexity index is 421. The van der Waals surface area contributed by atoms with Gasteiger partial charge in [-0.3, -0.25) is 4.79 Å². The van der Waals surface area contributed by atoms with Gasteiger partial charge in [0, 0.05) is 12.6 Å². The minimum atomic E-state index is -0.0768. The molecule has 2 N–H and O–H groups in total. The lowest BCUT2D eigenvalue weighted by molar-refractivity contribution is 0.0903. The summed E-state index contributed by atoms with van der Waals surface area (Å²) in [6.45, 7) is 4.98. The van der Waals surface area contributed by atoms with Gasteiger partial charge >= 0.3 is 0 Å². The summed E-state index contributed by atoms with van der Waals surface area (Å²) in [6.07, 6.45) is 5.93. The molecule has 19 heavy (non-hydrogen) atoms. The molecule has 1 aromatic rings. The number of amides is 1. The molecule has 0 bridgehead atoms. The highest BCUT2D eigenvalue weighted by Crippen LogP contribution is 2.27. The van der Waals surface area contributed by atoms with Crippen LogP contribution >= 0.6 is 11.3 Å².